The highest BCUT2D eigenvalue weighted by Crippen LogP contribution is 2.59. The Labute approximate surface area is 260 Å². The number of anilines is 1. The number of fused-ring (bicyclic) bond motifs is 2. The molecule has 0 N–H and O–H groups in total. The number of hydrogen-bond donors (Lipinski definition) is 0. The van der Waals surface area contributed by atoms with Crippen molar-refractivity contribution in [2.45, 2.75) is 72.6 Å². The normalized spacial score (nSPS) is 20.8. The molecule has 2 aromatic carbocycles. The molecule has 6 rings (SSSR count). The molecule has 0 radical (unpaired) electrons. The van der Waals surface area contributed by atoms with Crippen molar-refractivity contribution in [2.75, 3.05) is 31.1 Å². The highest BCUT2D eigenvalue weighted by molar-refractivity contribution is 5.81. The number of hydrogen-bond acceptors (Lipinski definition) is 7. The van der Waals surface area contributed by atoms with Crippen LogP contribution in [0.3, 0.4) is 0 Å². The second-order valence-corrected chi connectivity index (χ2v) is 13.3. The number of rotatable bonds is 7. The summed E-state index contributed by atoms with van der Waals surface area (Å²) in [5, 5.41) is 0. The zero-order valence-electron chi connectivity index (χ0n) is 26.5. The van der Waals surface area contributed by atoms with Crippen LogP contribution in [0.2, 0.25) is 0 Å². The summed E-state index contributed by atoms with van der Waals surface area (Å²) < 4.78 is 17.4. The van der Waals surface area contributed by atoms with E-state index in [9.17, 15) is 9.59 Å². The van der Waals surface area contributed by atoms with Crippen molar-refractivity contribution in [3.05, 3.63) is 76.9 Å². The van der Waals surface area contributed by atoms with Crippen LogP contribution in [0, 0.1) is 18.3 Å². The van der Waals surface area contributed by atoms with Crippen LogP contribution in [-0.2, 0) is 33.8 Å². The number of carbonyl (C=O) groups excluding carboxylic acids is 2. The lowest BCUT2D eigenvalue weighted by Crippen LogP contribution is -2.40. The predicted molar refractivity (Wildman–Crippen MR) is 170 cm³/mol. The number of esters is 1. The molecule has 232 valence electrons. The van der Waals surface area contributed by atoms with Gasteiger partial charge in [-0.15, -0.1) is 0 Å². The van der Waals surface area contributed by atoms with Crippen LogP contribution >= 0.6 is 0 Å². The number of aromatic nitrogens is 1. The zero-order valence-corrected chi connectivity index (χ0v) is 26.5. The molecule has 1 saturated heterocycles. The van der Waals surface area contributed by atoms with E-state index in [1.165, 1.54) is 11.1 Å². The van der Waals surface area contributed by atoms with E-state index in [0.717, 1.165) is 66.3 Å². The first-order valence-electron chi connectivity index (χ1n) is 15.8. The molecule has 44 heavy (non-hydrogen) atoms. The van der Waals surface area contributed by atoms with E-state index in [1.54, 1.807) is 4.90 Å². The van der Waals surface area contributed by atoms with Gasteiger partial charge in [-0.2, -0.15) is 0 Å². The lowest BCUT2D eigenvalue weighted by molar-refractivity contribution is -0.150. The minimum Gasteiger partial charge on any atom is -0.488 e. The topological polar surface area (TPSA) is 81.2 Å². The Morgan fingerprint density at radius 1 is 1.05 bits per heavy atom. The number of amides is 1. The lowest BCUT2D eigenvalue weighted by Gasteiger charge is -2.32. The van der Waals surface area contributed by atoms with Crippen molar-refractivity contribution in [3.8, 4) is 17.0 Å². The van der Waals surface area contributed by atoms with E-state index in [2.05, 4.69) is 30.0 Å². The van der Waals surface area contributed by atoms with Crippen molar-refractivity contribution in [1.82, 2.24) is 9.88 Å². The molecule has 2 aliphatic heterocycles. The van der Waals surface area contributed by atoms with Gasteiger partial charge in [-0.05, 0) is 106 Å². The summed E-state index contributed by atoms with van der Waals surface area (Å²) in [5.41, 5.74) is 5.82. The summed E-state index contributed by atoms with van der Waals surface area (Å²) in [4.78, 5) is 34.3. The number of ether oxygens (including phenoxy) is 3. The standard InChI is InChI=1S/C36H43N3O5/c1-6-42-33(40)36-17-19-38(22-27(36)20-36)32-13-9-11-30(37-32)29-10-7-8-12-31(29)43-23-26-15-14-25-21-39(18-16-28(25)24(26)2)34(41)44-35(3,4)5/h7-15,27H,6,16-23H2,1-5H3/t27-,36+/m0/s1. The molecule has 3 aromatic rings. The predicted octanol–water partition coefficient (Wildman–Crippen LogP) is 6.71. The number of carbonyl (C=O) groups is 2. The number of pyridine rings is 1. The van der Waals surface area contributed by atoms with Crippen LogP contribution in [0.4, 0.5) is 10.6 Å². The summed E-state index contributed by atoms with van der Waals surface area (Å²) >= 11 is 0. The van der Waals surface area contributed by atoms with E-state index in [4.69, 9.17) is 19.2 Å². The molecule has 1 amide bonds. The lowest BCUT2D eigenvalue weighted by atomic mass is 9.92. The molecule has 8 heteroatoms. The third kappa shape index (κ3) is 5.99. The molecule has 1 saturated carbocycles. The van der Waals surface area contributed by atoms with Gasteiger partial charge in [-0.1, -0.05) is 30.3 Å². The first kappa shape index (κ1) is 30.0. The van der Waals surface area contributed by atoms with E-state index in [1.807, 2.05) is 64.1 Å². The Morgan fingerprint density at radius 2 is 1.86 bits per heavy atom. The number of piperidine rings is 1. The molecule has 3 aliphatic rings. The average molecular weight is 598 g/mol. The van der Waals surface area contributed by atoms with Gasteiger partial charge in [-0.3, -0.25) is 4.79 Å². The molecule has 0 unspecified atom stereocenters. The summed E-state index contributed by atoms with van der Waals surface area (Å²) in [6.07, 6.45) is 2.24. The molecule has 0 spiro atoms. The monoisotopic (exact) mass is 597 g/mol. The van der Waals surface area contributed by atoms with Gasteiger partial charge in [-0.25, -0.2) is 9.78 Å². The minimum absolute atomic E-state index is 0.0330. The first-order chi connectivity index (χ1) is 21.1. The van der Waals surface area contributed by atoms with Crippen molar-refractivity contribution >= 4 is 17.9 Å². The Kier molecular flexibility index (Phi) is 8.03. The van der Waals surface area contributed by atoms with Gasteiger partial charge in [0.2, 0.25) is 0 Å². The zero-order chi connectivity index (χ0) is 31.1. The minimum atomic E-state index is -0.510. The third-order valence-electron chi connectivity index (χ3n) is 9.24. The second-order valence-electron chi connectivity index (χ2n) is 13.3. The highest BCUT2D eigenvalue weighted by atomic mass is 16.6. The van der Waals surface area contributed by atoms with Gasteiger partial charge >= 0.3 is 12.1 Å². The summed E-state index contributed by atoms with van der Waals surface area (Å²) in [7, 11) is 0. The van der Waals surface area contributed by atoms with Gasteiger partial charge in [0.25, 0.3) is 0 Å². The van der Waals surface area contributed by atoms with Crippen LogP contribution in [0.1, 0.15) is 62.8 Å². The molecule has 8 nitrogen and oxygen atoms in total. The molecule has 1 aliphatic carbocycles. The largest absolute Gasteiger partial charge is 0.488 e. The van der Waals surface area contributed by atoms with E-state index in [0.29, 0.717) is 32.2 Å². The summed E-state index contributed by atoms with van der Waals surface area (Å²) in [6.45, 7) is 13.4. The van der Waals surface area contributed by atoms with Crippen molar-refractivity contribution in [1.29, 1.82) is 0 Å². The Balaban J connectivity index is 1.13. The van der Waals surface area contributed by atoms with Crippen LogP contribution in [0.25, 0.3) is 11.3 Å². The maximum absolute atomic E-state index is 12.6. The average Bonchev–Trinajstić information content (AvgIpc) is 3.76. The van der Waals surface area contributed by atoms with Crippen molar-refractivity contribution in [3.63, 3.8) is 0 Å². The van der Waals surface area contributed by atoms with Gasteiger partial charge in [0, 0.05) is 31.7 Å². The number of nitrogens with zero attached hydrogens (tertiary/aromatic N) is 3. The molecular formula is C36H43N3O5. The SMILES string of the molecule is CCOC(=O)[C@@]12CCN(c3cccc(-c4ccccc4OCc4ccc5c(c4C)CCN(C(=O)OC(C)(C)C)C5)n3)C[C@@H]1C2. The van der Waals surface area contributed by atoms with Crippen molar-refractivity contribution < 1.29 is 23.8 Å². The van der Waals surface area contributed by atoms with Crippen LogP contribution in [-0.4, -0.2) is 53.8 Å². The molecule has 2 atom stereocenters. The number of benzene rings is 2. The fraction of sp³-hybridized carbons (Fsp3) is 0.472. The quantitative estimate of drug-likeness (QED) is 0.280. The molecular weight excluding hydrogens is 554 g/mol. The van der Waals surface area contributed by atoms with E-state index < -0.39 is 5.60 Å². The van der Waals surface area contributed by atoms with Gasteiger partial charge < -0.3 is 24.0 Å². The van der Waals surface area contributed by atoms with Gasteiger partial charge in [0.1, 0.15) is 23.8 Å². The van der Waals surface area contributed by atoms with Gasteiger partial charge in [0.05, 0.1) is 17.7 Å². The first-order valence-corrected chi connectivity index (χ1v) is 15.8. The molecule has 1 aromatic heterocycles. The molecule has 3 heterocycles. The Morgan fingerprint density at radius 3 is 2.64 bits per heavy atom. The maximum atomic E-state index is 12.6. The Bertz CT molecular complexity index is 1560. The van der Waals surface area contributed by atoms with E-state index >= 15 is 0 Å². The van der Waals surface area contributed by atoms with E-state index in [-0.39, 0.29) is 17.5 Å². The van der Waals surface area contributed by atoms with Crippen LogP contribution in [0.5, 0.6) is 5.75 Å². The molecule has 2 fully saturated rings. The van der Waals surface area contributed by atoms with Gasteiger partial charge in [0.15, 0.2) is 0 Å². The van der Waals surface area contributed by atoms with Crippen LogP contribution in [0.15, 0.2) is 54.6 Å². The smallest absolute Gasteiger partial charge is 0.410 e. The number of para-hydroxylation sites is 1. The maximum Gasteiger partial charge on any atom is 0.410 e. The third-order valence-corrected chi connectivity index (χ3v) is 9.24. The summed E-state index contributed by atoms with van der Waals surface area (Å²) in [5.74, 6) is 2.01. The molecule has 0 bridgehead atoms. The second kappa shape index (κ2) is 11.8. The fourth-order valence-electron chi connectivity index (χ4n) is 6.69. The Hall–Kier alpha value is -4.07. The van der Waals surface area contributed by atoms with Crippen LogP contribution < -0.4 is 9.64 Å². The fourth-order valence-corrected chi connectivity index (χ4v) is 6.69. The summed E-state index contributed by atoms with van der Waals surface area (Å²) in [6, 6.07) is 18.4. The highest BCUT2D eigenvalue weighted by Gasteiger charge is 2.63. The van der Waals surface area contributed by atoms with Crippen molar-refractivity contribution in [2.24, 2.45) is 11.3 Å².